The number of nitrogens with zero attached hydrogens (tertiary/aromatic N) is 2. The monoisotopic (exact) mass is 541 g/mol. The van der Waals surface area contributed by atoms with E-state index in [1.165, 1.54) is 28.4 Å². The predicted octanol–water partition coefficient (Wildman–Crippen LogP) is 4.73. The van der Waals surface area contributed by atoms with Crippen LogP contribution in [0.15, 0.2) is 53.4 Å². The number of carbonyl (C=O) groups is 2. The van der Waals surface area contributed by atoms with Gasteiger partial charge in [0.2, 0.25) is 21.8 Å². The van der Waals surface area contributed by atoms with Crippen molar-refractivity contribution in [1.29, 1.82) is 0 Å². The molecule has 1 N–H and O–H groups in total. The quantitative estimate of drug-likeness (QED) is 0.420. The maximum atomic E-state index is 13.3. The van der Waals surface area contributed by atoms with Crippen LogP contribution in [0.1, 0.15) is 45.6 Å². The van der Waals surface area contributed by atoms with Crippen LogP contribution in [0, 0.1) is 0 Å². The van der Waals surface area contributed by atoms with Crippen molar-refractivity contribution in [2.24, 2.45) is 0 Å². The van der Waals surface area contributed by atoms with E-state index in [0.29, 0.717) is 28.5 Å². The van der Waals surface area contributed by atoms with Gasteiger partial charge >= 0.3 is 0 Å². The number of halogens is 2. The van der Waals surface area contributed by atoms with Crippen LogP contribution in [0.5, 0.6) is 0 Å². The van der Waals surface area contributed by atoms with E-state index < -0.39 is 16.1 Å². The van der Waals surface area contributed by atoms with Crippen LogP contribution in [0.25, 0.3) is 0 Å². The van der Waals surface area contributed by atoms with Gasteiger partial charge in [0.25, 0.3) is 0 Å². The first-order chi connectivity index (χ1) is 16.5. The number of sulfonamides is 1. The van der Waals surface area contributed by atoms with Crippen LogP contribution < -0.4 is 5.32 Å². The topological polar surface area (TPSA) is 86.8 Å². The lowest BCUT2D eigenvalue weighted by Gasteiger charge is -2.31. The third-order valence-corrected chi connectivity index (χ3v) is 7.95. The molecular weight excluding hydrogens is 509 g/mol. The fourth-order valence-corrected chi connectivity index (χ4v) is 5.32. The number of rotatable bonds is 12. The first-order valence-electron chi connectivity index (χ1n) is 11.5. The first-order valence-corrected chi connectivity index (χ1v) is 13.7. The minimum atomic E-state index is -3.65. The van der Waals surface area contributed by atoms with E-state index in [1.54, 1.807) is 36.4 Å². The SMILES string of the molecule is CC[C@@H](C(=O)NC(C)C)N(Cc1ccc(Cl)cc1Cl)C(=O)CCCN(C)S(=O)(=O)c1ccccc1. The van der Waals surface area contributed by atoms with E-state index in [4.69, 9.17) is 23.2 Å². The highest BCUT2D eigenvalue weighted by atomic mass is 35.5. The molecule has 35 heavy (non-hydrogen) atoms. The average molecular weight is 543 g/mol. The number of benzene rings is 2. The third-order valence-electron chi connectivity index (χ3n) is 5.49. The maximum absolute atomic E-state index is 13.3. The standard InChI is InChI=1S/C25H33Cl2N3O4S/c1-5-23(25(32)28-18(2)3)30(17-19-13-14-20(26)16-22(19)27)24(31)12-9-15-29(4)35(33,34)21-10-7-6-8-11-21/h6-8,10-11,13-14,16,18,23H,5,9,12,15,17H2,1-4H3,(H,28,32)/t23-/m0/s1. The van der Waals surface area contributed by atoms with E-state index in [0.717, 1.165) is 0 Å². The van der Waals surface area contributed by atoms with Gasteiger partial charge in [-0.1, -0.05) is 54.4 Å². The van der Waals surface area contributed by atoms with Crippen molar-refractivity contribution in [1.82, 2.24) is 14.5 Å². The summed E-state index contributed by atoms with van der Waals surface area (Å²) >= 11 is 12.4. The molecule has 0 bridgehead atoms. The Labute approximate surface area is 218 Å². The highest BCUT2D eigenvalue weighted by molar-refractivity contribution is 7.89. The second-order valence-electron chi connectivity index (χ2n) is 8.59. The number of amides is 2. The van der Waals surface area contributed by atoms with E-state index in [1.807, 2.05) is 20.8 Å². The summed E-state index contributed by atoms with van der Waals surface area (Å²) in [6.07, 6.45) is 0.789. The molecule has 0 aliphatic heterocycles. The average Bonchev–Trinajstić information content (AvgIpc) is 2.80. The van der Waals surface area contributed by atoms with Crippen molar-refractivity contribution in [3.05, 3.63) is 64.1 Å². The molecule has 0 heterocycles. The summed E-state index contributed by atoms with van der Waals surface area (Å²) in [6.45, 7) is 5.85. The molecule has 0 aliphatic rings. The van der Waals surface area contributed by atoms with Gasteiger partial charge in [-0.15, -0.1) is 0 Å². The lowest BCUT2D eigenvalue weighted by atomic mass is 10.1. The molecule has 1 atom stereocenters. The second kappa shape index (κ2) is 13.3. The molecule has 0 fully saturated rings. The Hall–Kier alpha value is -2.13. The van der Waals surface area contributed by atoms with Crippen molar-refractivity contribution in [2.45, 2.75) is 63.6 Å². The minimum Gasteiger partial charge on any atom is -0.352 e. The molecule has 0 saturated heterocycles. The Kier molecular flexibility index (Phi) is 11.0. The molecule has 2 aromatic carbocycles. The zero-order valence-electron chi connectivity index (χ0n) is 20.5. The van der Waals surface area contributed by atoms with Gasteiger partial charge < -0.3 is 10.2 Å². The fourth-order valence-electron chi connectivity index (χ4n) is 3.62. The fraction of sp³-hybridized carbons (Fsp3) is 0.440. The number of hydrogen-bond acceptors (Lipinski definition) is 4. The smallest absolute Gasteiger partial charge is 0.243 e. The molecule has 2 amide bonds. The lowest BCUT2D eigenvalue weighted by Crippen LogP contribution is -2.50. The van der Waals surface area contributed by atoms with Gasteiger partial charge in [0, 0.05) is 42.6 Å². The van der Waals surface area contributed by atoms with Crippen LogP contribution in [-0.2, 0) is 26.2 Å². The van der Waals surface area contributed by atoms with Crippen LogP contribution in [-0.4, -0.2) is 55.1 Å². The van der Waals surface area contributed by atoms with Gasteiger partial charge in [-0.2, -0.15) is 0 Å². The summed E-state index contributed by atoms with van der Waals surface area (Å²) in [6, 6.07) is 12.4. The van der Waals surface area contributed by atoms with Gasteiger partial charge in [-0.3, -0.25) is 9.59 Å². The molecule has 0 spiro atoms. The molecule has 7 nitrogen and oxygen atoms in total. The Morgan fingerprint density at radius 2 is 1.71 bits per heavy atom. The summed E-state index contributed by atoms with van der Waals surface area (Å²) in [5.41, 5.74) is 0.670. The number of hydrogen-bond donors (Lipinski definition) is 1. The Balaban J connectivity index is 2.17. The number of nitrogens with one attached hydrogen (secondary N) is 1. The normalized spacial score (nSPS) is 12.6. The Morgan fingerprint density at radius 1 is 1.06 bits per heavy atom. The minimum absolute atomic E-state index is 0.0747. The van der Waals surface area contributed by atoms with Crippen molar-refractivity contribution < 1.29 is 18.0 Å². The van der Waals surface area contributed by atoms with Gasteiger partial charge in [0.05, 0.1) is 4.90 Å². The Bertz CT molecular complexity index is 1110. The van der Waals surface area contributed by atoms with E-state index in [2.05, 4.69) is 5.32 Å². The van der Waals surface area contributed by atoms with Crippen molar-refractivity contribution in [3.63, 3.8) is 0 Å². The zero-order chi connectivity index (χ0) is 26.2. The van der Waals surface area contributed by atoms with Crippen LogP contribution in [0.4, 0.5) is 0 Å². The summed E-state index contributed by atoms with van der Waals surface area (Å²) in [7, 11) is -2.16. The highest BCUT2D eigenvalue weighted by Gasteiger charge is 2.29. The van der Waals surface area contributed by atoms with Gasteiger partial charge in [-0.05, 0) is 56.5 Å². The first kappa shape index (κ1) is 29.1. The summed E-state index contributed by atoms with van der Waals surface area (Å²) in [5.74, 6) is -0.503. The molecule has 10 heteroatoms. The van der Waals surface area contributed by atoms with Crippen molar-refractivity contribution >= 4 is 45.0 Å². The summed E-state index contributed by atoms with van der Waals surface area (Å²) < 4.78 is 26.7. The largest absolute Gasteiger partial charge is 0.352 e. The molecule has 0 saturated carbocycles. The molecule has 0 aliphatic carbocycles. The van der Waals surface area contributed by atoms with E-state index in [9.17, 15) is 18.0 Å². The molecule has 192 valence electrons. The molecule has 0 radical (unpaired) electrons. The van der Waals surface area contributed by atoms with Crippen LogP contribution >= 0.6 is 23.2 Å². The third kappa shape index (κ3) is 8.20. The summed E-state index contributed by atoms with van der Waals surface area (Å²) in [4.78, 5) is 27.9. The van der Waals surface area contributed by atoms with Gasteiger partial charge in [0.15, 0.2) is 0 Å². The molecule has 0 unspecified atom stereocenters. The molecule has 0 aromatic heterocycles. The van der Waals surface area contributed by atoms with Crippen LogP contribution in [0.3, 0.4) is 0 Å². The van der Waals surface area contributed by atoms with E-state index >= 15 is 0 Å². The molecular formula is C25H33Cl2N3O4S. The zero-order valence-corrected chi connectivity index (χ0v) is 22.8. The van der Waals surface area contributed by atoms with Crippen LogP contribution in [0.2, 0.25) is 10.0 Å². The second-order valence-corrected chi connectivity index (χ2v) is 11.5. The van der Waals surface area contributed by atoms with Crippen molar-refractivity contribution in [3.8, 4) is 0 Å². The molecule has 2 aromatic rings. The highest BCUT2D eigenvalue weighted by Crippen LogP contribution is 2.24. The van der Waals surface area contributed by atoms with E-state index in [-0.39, 0.29) is 42.3 Å². The van der Waals surface area contributed by atoms with Gasteiger partial charge in [0.1, 0.15) is 6.04 Å². The predicted molar refractivity (Wildman–Crippen MR) is 140 cm³/mol. The maximum Gasteiger partial charge on any atom is 0.243 e. The van der Waals surface area contributed by atoms with Crippen molar-refractivity contribution in [2.75, 3.05) is 13.6 Å². The molecule has 2 rings (SSSR count). The summed E-state index contributed by atoms with van der Waals surface area (Å²) in [5, 5.41) is 3.76. The lowest BCUT2D eigenvalue weighted by molar-refractivity contribution is -0.141. The Morgan fingerprint density at radius 3 is 2.29 bits per heavy atom. The van der Waals surface area contributed by atoms with Gasteiger partial charge in [-0.25, -0.2) is 12.7 Å². The number of carbonyl (C=O) groups excluding carboxylic acids is 2.